The summed E-state index contributed by atoms with van der Waals surface area (Å²) in [5, 5.41) is 12.4. The zero-order valence-corrected chi connectivity index (χ0v) is 14.5. The van der Waals surface area contributed by atoms with Crippen LogP contribution in [0.3, 0.4) is 0 Å². The summed E-state index contributed by atoms with van der Waals surface area (Å²) in [6.45, 7) is 9.61. The Balaban J connectivity index is 2.09. The molecule has 0 fully saturated rings. The Bertz CT molecular complexity index is 574. The van der Waals surface area contributed by atoms with E-state index in [1.165, 1.54) is 0 Å². The molecular weight excluding hydrogens is 332 g/mol. The maximum atomic E-state index is 4.61. The maximum Gasteiger partial charge on any atom is 0.164 e. The summed E-state index contributed by atoms with van der Waals surface area (Å²) in [6, 6.07) is 0. The van der Waals surface area contributed by atoms with Crippen LogP contribution in [0.25, 0.3) is 0 Å². The second kappa shape index (κ2) is 7.70. The summed E-state index contributed by atoms with van der Waals surface area (Å²) < 4.78 is 4.99. The highest BCUT2D eigenvalue weighted by atomic mass is 79.9. The Morgan fingerprint density at radius 2 is 2.05 bits per heavy atom. The van der Waals surface area contributed by atoms with Crippen molar-refractivity contribution in [1.29, 1.82) is 0 Å². The molecule has 116 valence electrons. The molecule has 0 saturated heterocycles. The molecule has 0 aliphatic heterocycles. The van der Waals surface area contributed by atoms with Gasteiger partial charge in [0.2, 0.25) is 0 Å². The lowest BCUT2D eigenvalue weighted by atomic mass is 10.3. The van der Waals surface area contributed by atoms with E-state index in [0.29, 0.717) is 6.54 Å². The van der Waals surface area contributed by atoms with E-state index in [0.717, 1.165) is 54.2 Å². The molecule has 0 saturated carbocycles. The van der Waals surface area contributed by atoms with E-state index in [-0.39, 0.29) is 0 Å². The van der Waals surface area contributed by atoms with Crippen molar-refractivity contribution in [2.75, 3.05) is 6.54 Å². The minimum absolute atomic E-state index is 0.683. The molecule has 0 spiro atoms. The average Bonchev–Trinajstić information content (AvgIpc) is 3.05. The molecule has 2 aromatic heterocycles. The largest absolute Gasteiger partial charge is 0.310 e. The maximum absolute atomic E-state index is 4.61. The molecule has 0 aliphatic carbocycles. The molecule has 2 rings (SSSR count). The fourth-order valence-corrected chi connectivity index (χ4v) is 2.88. The first kappa shape index (κ1) is 16.2. The van der Waals surface area contributed by atoms with E-state index in [1.807, 2.05) is 9.36 Å². The highest BCUT2D eigenvalue weighted by Crippen LogP contribution is 2.22. The van der Waals surface area contributed by atoms with Crippen LogP contribution in [-0.2, 0) is 26.1 Å². The molecule has 6 nitrogen and oxygen atoms in total. The third-order valence-electron chi connectivity index (χ3n) is 3.30. The highest BCUT2D eigenvalue weighted by molar-refractivity contribution is 9.10. The third-order valence-corrected chi connectivity index (χ3v) is 4.22. The summed E-state index contributed by atoms with van der Waals surface area (Å²) in [7, 11) is 0. The summed E-state index contributed by atoms with van der Waals surface area (Å²) in [5.74, 6) is 0.831. The van der Waals surface area contributed by atoms with Crippen molar-refractivity contribution in [2.24, 2.45) is 0 Å². The van der Waals surface area contributed by atoms with E-state index >= 15 is 0 Å². The Hall–Kier alpha value is -1.21. The fraction of sp³-hybridized carbons (Fsp3) is 0.643. The minimum atomic E-state index is 0.683. The van der Waals surface area contributed by atoms with Crippen molar-refractivity contribution in [3.8, 4) is 0 Å². The number of hydrogen-bond donors (Lipinski definition) is 1. The fourth-order valence-electron chi connectivity index (χ4n) is 2.19. The number of hydrogen-bond acceptors (Lipinski definition) is 4. The van der Waals surface area contributed by atoms with Crippen LogP contribution >= 0.6 is 15.9 Å². The Labute approximate surface area is 134 Å². The van der Waals surface area contributed by atoms with Crippen LogP contribution in [0.4, 0.5) is 0 Å². The average molecular weight is 355 g/mol. The predicted molar refractivity (Wildman–Crippen MR) is 86.1 cm³/mol. The summed E-state index contributed by atoms with van der Waals surface area (Å²) in [6.07, 6.45) is 3.82. The molecule has 21 heavy (non-hydrogen) atoms. The molecule has 0 amide bonds. The molecule has 2 heterocycles. The Morgan fingerprint density at radius 3 is 2.71 bits per heavy atom. The van der Waals surface area contributed by atoms with Gasteiger partial charge in [-0.1, -0.05) is 13.8 Å². The van der Waals surface area contributed by atoms with Crippen molar-refractivity contribution in [1.82, 2.24) is 29.9 Å². The zero-order chi connectivity index (χ0) is 15.2. The van der Waals surface area contributed by atoms with Crippen LogP contribution in [-0.4, -0.2) is 31.1 Å². The van der Waals surface area contributed by atoms with Crippen LogP contribution in [0, 0.1) is 0 Å². The lowest BCUT2D eigenvalue weighted by molar-refractivity contribution is 0.565. The van der Waals surface area contributed by atoms with Gasteiger partial charge in [0, 0.05) is 6.54 Å². The normalized spacial score (nSPS) is 11.2. The quantitative estimate of drug-likeness (QED) is 0.739. The number of aryl methyl sites for hydroxylation is 2. The van der Waals surface area contributed by atoms with Crippen molar-refractivity contribution < 1.29 is 0 Å². The van der Waals surface area contributed by atoms with Crippen molar-refractivity contribution in [3.63, 3.8) is 0 Å². The number of nitrogens with zero attached hydrogens (tertiary/aromatic N) is 5. The number of aromatic nitrogens is 5. The first-order chi connectivity index (χ1) is 10.2. The van der Waals surface area contributed by atoms with E-state index in [2.05, 4.69) is 57.2 Å². The van der Waals surface area contributed by atoms with Crippen LogP contribution in [0.2, 0.25) is 0 Å². The zero-order valence-electron chi connectivity index (χ0n) is 12.9. The van der Waals surface area contributed by atoms with Gasteiger partial charge in [0.1, 0.15) is 6.33 Å². The SMILES string of the molecule is CCCNCc1ncn(Cc2c(Br)c(CC)nn2CC)n1. The third kappa shape index (κ3) is 3.91. The molecular formula is C14H23BrN6. The van der Waals surface area contributed by atoms with Crippen LogP contribution in [0.1, 0.15) is 44.4 Å². The molecule has 0 aromatic carbocycles. The van der Waals surface area contributed by atoms with E-state index in [4.69, 9.17) is 0 Å². The van der Waals surface area contributed by atoms with Gasteiger partial charge in [0.25, 0.3) is 0 Å². The molecule has 0 aliphatic rings. The standard InChI is InChI=1S/C14H23BrN6/c1-4-7-16-8-13-17-10-20(19-13)9-12-14(15)11(5-2)18-21(12)6-3/h10,16H,4-9H2,1-3H3. The number of halogens is 1. The van der Waals surface area contributed by atoms with Crippen LogP contribution in [0.15, 0.2) is 10.8 Å². The molecule has 2 aromatic rings. The van der Waals surface area contributed by atoms with Gasteiger partial charge in [-0.2, -0.15) is 10.2 Å². The van der Waals surface area contributed by atoms with Gasteiger partial charge in [0.05, 0.1) is 29.0 Å². The van der Waals surface area contributed by atoms with Gasteiger partial charge in [-0.15, -0.1) is 0 Å². The van der Waals surface area contributed by atoms with E-state index in [1.54, 1.807) is 6.33 Å². The Kier molecular flexibility index (Phi) is 5.93. The Morgan fingerprint density at radius 1 is 1.24 bits per heavy atom. The van der Waals surface area contributed by atoms with Gasteiger partial charge < -0.3 is 5.32 Å². The van der Waals surface area contributed by atoms with Crippen LogP contribution < -0.4 is 5.32 Å². The lowest BCUT2D eigenvalue weighted by Gasteiger charge is -2.05. The van der Waals surface area contributed by atoms with E-state index in [9.17, 15) is 0 Å². The predicted octanol–water partition coefficient (Wildman–Crippen LogP) is 2.37. The highest BCUT2D eigenvalue weighted by Gasteiger charge is 2.14. The molecule has 0 unspecified atom stereocenters. The number of nitrogens with one attached hydrogen (secondary N) is 1. The van der Waals surface area contributed by atoms with Crippen molar-refractivity contribution in [2.45, 2.75) is 53.2 Å². The summed E-state index contributed by atoms with van der Waals surface area (Å²) in [5.41, 5.74) is 2.24. The second-order valence-electron chi connectivity index (χ2n) is 4.91. The van der Waals surface area contributed by atoms with Gasteiger partial charge >= 0.3 is 0 Å². The molecule has 1 N–H and O–H groups in total. The van der Waals surface area contributed by atoms with Gasteiger partial charge in [0.15, 0.2) is 5.82 Å². The van der Waals surface area contributed by atoms with Crippen molar-refractivity contribution in [3.05, 3.63) is 28.0 Å². The van der Waals surface area contributed by atoms with Gasteiger partial charge in [-0.05, 0) is 42.2 Å². The van der Waals surface area contributed by atoms with Gasteiger partial charge in [-0.25, -0.2) is 9.67 Å². The van der Waals surface area contributed by atoms with Gasteiger partial charge in [-0.3, -0.25) is 4.68 Å². The van der Waals surface area contributed by atoms with Crippen molar-refractivity contribution >= 4 is 15.9 Å². The van der Waals surface area contributed by atoms with Crippen LogP contribution in [0.5, 0.6) is 0 Å². The molecule has 7 heteroatoms. The number of rotatable bonds is 8. The summed E-state index contributed by atoms with van der Waals surface area (Å²) >= 11 is 3.66. The molecule has 0 radical (unpaired) electrons. The minimum Gasteiger partial charge on any atom is -0.310 e. The lowest BCUT2D eigenvalue weighted by Crippen LogP contribution is -2.15. The monoisotopic (exact) mass is 354 g/mol. The van der Waals surface area contributed by atoms with E-state index < -0.39 is 0 Å². The molecule has 0 bridgehead atoms. The second-order valence-corrected chi connectivity index (χ2v) is 5.70. The molecule has 0 atom stereocenters. The first-order valence-corrected chi connectivity index (χ1v) is 8.31. The first-order valence-electron chi connectivity index (χ1n) is 7.52. The topological polar surface area (TPSA) is 60.6 Å². The summed E-state index contributed by atoms with van der Waals surface area (Å²) in [4.78, 5) is 4.34. The smallest absolute Gasteiger partial charge is 0.164 e.